The third-order valence-electron chi connectivity index (χ3n) is 7.02. The molecule has 4 nitrogen and oxygen atoms in total. The van der Waals surface area contributed by atoms with Gasteiger partial charge < -0.3 is 15.4 Å². The minimum absolute atomic E-state index is 0. The molecule has 38 heavy (non-hydrogen) atoms. The van der Waals surface area contributed by atoms with Crippen LogP contribution in [0.4, 0.5) is 26.3 Å². The van der Waals surface area contributed by atoms with E-state index in [2.05, 4.69) is 10.6 Å². The standard InChI is InChI=1S/C25H26F6N2O2.CH4.2H2S/c1-16(17-11-19(24(26,27)28)13-20(12-17)25(29,30)31)35-15-23(18-5-3-2-4-6-18)10-9-22(14-32-23)8-7-21(34)33-22;;;/h2-6,11-13,16,32H,7-10,14-15H2,1H3,(H,33,34);1H4;2*1H2/t16-,22-,23-;;;/m1.../s1. The van der Waals surface area contributed by atoms with E-state index in [4.69, 9.17) is 4.74 Å². The third-order valence-corrected chi connectivity index (χ3v) is 7.02. The summed E-state index contributed by atoms with van der Waals surface area (Å²) >= 11 is 0. The van der Waals surface area contributed by atoms with E-state index in [-0.39, 0.29) is 64.1 Å². The second-order valence-corrected chi connectivity index (χ2v) is 9.42. The van der Waals surface area contributed by atoms with Gasteiger partial charge in [-0.25, -0.2) is 0 Å². The van der Waals surface area contributed by atoms with Gasteiger partial charge in [0.25, 0.3) is 0 Å². The predicted octanol–water partition coefficient (Wildman–Crippen LogP) is 6.59. The Hall–Kier alpha value is -1.89. The highest BCUT2D eigenvalue weighted by Gasteiger charge is 2.47. The molecule has 12 heteroatoms. The monoisotopic (exact) mass is 584 g/mol. The molecule has 2 fully saturated rings. The zero-order valence-electron chi connectivity index (χ0n) is 20.0. The van der Waals surface area contributed by atoms with Crippen LogP contribution in [0.1, 0.15) is 68.4 Å². The zero-order valence-corrected chi connectivity index (χ0v) is 22.0. The number of rotatable bonds is 5. The van der Waals surface area contributed by atoms with E-state index < -0.39 is 35.1 Å². The molecule has 2 heterocycles. The summed E-state index contributed by atoms with van der Waals surface area (Å²) in [6.07, 6.45) is -8.49. The number of carbonyl (C=O) groups is 1. The average molecular weight is 585 g/mol. The molecule has 4 rings (SSSR count). The van der Waals surface area contributed by atoms with Gasteiger partial charge in [-0.1, -0.05) is 37.8 Å². The summed E-state index contributed by atoms with van der Waals surface area (Å²) in [6.45, 7) is 1.95. The Kier molecular flexibility index (Phi) is 11.3. The molecule has 3 atom stereocenters. The van der Waals surface area contributed by atoms with Gasteiger partial charge in [-0.2, -0.15) is 53.3 Å². The molecule has 2 N–H and O–H groups in total. The molecule has 0 unspecified atom stereocenters. The molecular formula is C26H34F6N2O2S2. The quantitative estimate of drug-likeness (QED) is 0.390. The second kappa shape index (κ2) is 12.5. The highest BCUT2D eigenvalue weighted by atomic mass is 32.1. The summed E-state index contributed by atoms with van der Waals surface area (Å²) in [5.41, 5.74) is -3.11. The Bertz CT molecular complexity index is 1040. The number of nitrogens with one attached hydrogen (secondary N) is 2. The number of hydrogen-bond acceptors (Lipinski definition) is 3. The summed E-state index contributed by atoms with van der Waals surface area (Å²) in [7, 11) is 0. The largest absolute Gasteiger partial charge is 0.416 e. The highest BCUT2D eigenvalue weighted by Crippen LogP contribution is 2.40. The van der Waals surface area contributed by atoms with Crippen molar-refractivity contribution in [1.29, 1.82) is 0 Å². The first-order chi connectivity index (χ1) is 16.3. The Labute approximate surface area is 232 Å². The molecule has 0 radical (unpaired) electrons. The van der Waals surface area contributed by atoms with E-state index >= 15 is 0 Å². The molecule has 214 valence electrons. The van der Waals surface area contributed by atoms with Crippen molar-refractivity contribution in [3.8, 4) is 0 Å². The van der Waals surface area contributed by atoms with Gasteiger partial charge in [0.2, 0.25) is 5.91 Å². The van der Waals surface area contributed by atoms with Gasteiger partial charge in [-0.15, -0.1) is 0 Å². The fraction of sp³-hybridized carbons (Fsp3) is 0.500. The van der Waals surface area contributed by atoms with Crippen LogP contribution in [0.2, 0.25) is 0 Å². The maximum absolute atomic E-state index is 13.3. The van der Waals surface area contributed by atoms with Crippen LogP contribution in [0.5, 0.6) is 0 Å². The van der Waals surface area contributed by atoms with Crippen LogP contribution < -0.4 is 10.6 Å². The molecule has 1 amide bonds. The van der Waals surface area contributed by atoms with Crippen molar-refractivity contribution in [2.45, 2.75) is 69.6 Å². The number of hydrogen-bond donors (Lipinski definition) is 2. The highest BCUT2D eigenvalue weighted by molar-refractivity contribution is 7.59. The van der Waals surface area contributed by atoms with Crippen LogP contribution in [0.15, 0.2) is 48.5 Å². The normalized spacial score (nSPS) is 24.0. The molecule has 0 saturated carbocycles. The van der Waals surface area contributed by atoms with Crippen molar-refractivity contribution < 1.29 is 35.9 Å². The lowest BCUT2D eigenvalue weighted by Gasteiger charge is -2.46. The Morgan fingerprint density at radius 1 is 0.921 bits per heavy atom. The molecule has 2 aliphatic heterocycles. The fourth-order valence-electron chi connectivity index (χ4n) is 4.85. The van der Waals surface area contributed by atoms with E-state index in [1.165, 1.54) is 6.92 Å². The zero-order chi connectivity index (χ0) is 25.5. The van der Waals surface area contributed by atoms with Gasteiger partial charge >= 0.3 is 12.4 Å². The summed E-state index contributed by atoms with van der Waals surface area (Å²) < 4.78 is 85.6. The number of alkyl halides is 6. The Balaban J connectivity index is 0.00000241. The van der Waals surface area contributed by atoms with E-state index in [0.29, 0.717) is 44.4 Å². The Morgan fingerprint density at radius 2 is 1.50 bits per heavy atom. The van der Waals surface area contributed by atoms with Gasteiger partial charge in [0.15, 0.2) is 0 Å². The summed E-state index contributed by atoms with van der Waals surface area (Å²) in [5, 5.41) is 6.52. The molecule has 0 aliphatic carbocycles. The minimum Gasteiger partial charge on any atom is -0.372 e. The number of carbonyl (C=O) groups excluding carboxylic acids is 1. The van der Waals surface area contributed by atoms with Crippen LogP contribution in [0.25, 0.3) is 0 Å². The van der Waals surface area contributed by atoms with E-state index in [1.807, 2.05) is 30.3 Å². The van der Waals surface area contributed by atoms with Gasteiger partial charge in [0, 0.05) is 13.0 Å². The molecule has 0 bridgehead atoms. The second-order valence-electron chi connectivity index (χ2n) is 9.42. The van der Waals surface area contributed by atoms with Crippen molar-refractivity contribution in [2.75, 3.05) is 13.2 Å². The van der Waals surface area contributed by atoms with Gasteiger partial charge in [0.05, 0.1) is 34.9 Å². The van der Waals surface area contributed by atoms with E-state index in [1.54, 1.807) is 0 Å². The molecule has 2 aromatic carbocycles. The van der Waals surface area contributed by atoms with Crippen LogP contribution in [0.3, 0.4) is 0 Å². The molecule has 1 spiro atoms. The number of ether oxygens (including phenoxy) is 1. The van der Waals surface area contributed by atoms with E-state index in [9.17, 15) is 31.1 Å². The van der Waals surface area contributed by atoms with Crippen molar-refractivity contribution in [2.24, 2.45) is 0 Å². The summed E-state index contributed by atoms with van der Waals surface area (Å²) in [5.74, 6) is -0.00565. The molecule has 2 aliphatic rings. The number of amides is 1. The lowest BCUT2D eigenvalue weighted by Crippen LogP contribution is -2.61. The predicted molar refractivity (Wildman–Crippen MR) is 144 cm³/mol. The average Bonchev–Trinajstić information content (AvgIpc) is 3.18. The van der Waals surface area contributed by atoms with Crippen LogP contribution in [-0.4, -0.2) is 24.6 Å². The first-order valence-electron chi connectivity index (χ1n) is 11.3. The van der Waals surface area contributed by atoms with Crippen molar-refractivity contribution >= 4 is 32.9 Å². The van der Waals surface area contributed by atoms with Crippen molar-refractivity contribution in [1.82, 2.24) is 10.6 Å². The number of piperidine rings is 1. The lowest BCUT2D eigenvalue weighted by molar-refractivity contribution is -0.143. The molecule has 2 saturated heterocycles. The first kappa shape index (κ1) is 34.1. The smallest absolute Gasteiger partial charge is 0.372 e. The number of halogens is 6. The van der Waals surface area contributed by atoms with Crippen LogP contribution in [-0.2, 0) is 27.4 Å². The van der Waals surface area contributed by atoms with E-state index in [0.717, 1.165) is 5.56 Å². The first-order valence-corrected chi connectivity index (χ1v) is 11.3. The molecule has 0 aromatic heterocycles. The molecular weight excluding hydrogens is 550 g/mol. The topological polar surface area (TPSA) is 50.4 Å². The summed E-state index contributed by atoms with van der Waals surface area (Å²) in [6, 6.07) is 10.9. The van der Waals surface area contributed by atoms with Gasteiger partial charge in [0.1, 0.15) is 0 Å². The van der Waals surface area contributed by atoms with Gasteiger partial charge in [-0.3, -0.25) is 4.79 Å². The van der Waals surface area contributed by atoms with Gasteiger partial charge in [-0.05, 0) is 55.5 Å². The maximum atomic E-state index is 13.3. The minimum atomic E-state index is -4.92. The third kappa shape index (κ3) is 7.40. The molecule has 2 aromatic rings. The van der Waals surface area contributed by atoms with Crippen LogP contribution >= 0.6 is 27.0 Å². The summed E-state index contributed by atoms with van der Waals surface area (Å²) in [4.78, 5) is 11.8. The lowest BCUT2D eigenvalue weighted by atomic mass is 9.76. The van der Waals surface area contributed by atoms with Crippen molar-refractivity contribution in [3.05, 3.63) is 70.8 Å². The van der Waals surface area contributed by atoms with Crippen LogP contribution in [0, 0.1) is 0 Å². The van der Waals surface area contributed by atoms with Crippen molar-refractivity contribution in [3.63, 3.8) is 0 Å². The maximum Gasteiger partial charge on any atom is 0.416 e. The SMILES string of the molecule is C.C[C@@H](OC[C@@]1(c2ccccc2)CC[C@]2(CCC(=O)N2)CN1)c1cc(C(F)(F)F)cc(C(F)(F)F)c1.S.S. The number of benzene rings is 2. The Morgan fingerprint density at radius 3 is 1.95 bits per heavy atom. The fourth-order valence-corrected chi connectivity index (χ4v) is 4.85.